The standard InChI is InChI=1S/C30H35FN2O5S/c1-36-25-16-21(17-26(37-2)29(25)38-3)28(30(35)32-23-8-5-4-6-9-23)33(19-20-11-13-22(31)14-12-20)27(34)18-24-10-7-15-39-24/h7,10-17,23,28H,4-6,8-9,18-19H2,1-3H3,(H,32,35)/t28-/m0/s1. The summed E-state index contributed by atoms with van der Waals surface area (Å²) in [5.41, 5.74) is 1.23. The Kier molecular flexibility index (Phi) is 9.81. The first-order valence-electron chi connectivity index (χ1n) is 13.1. The molecule has 0 saturated heterocycles. The van der Waals surface area contributed by atoms with Gasteiger partial charge >= 0.3 is 0 Å². The maximum atomic E-state index is 14.1. The molecule has 7 nitrogen and oxygen atoms in total. The Labute approximate surface area is 232 Å². The van der Waals surface area contributed by atoms with E-state index in [4.69, 9.17) is 14.2 Å². The molecule has 0 spiro atoms. The van der Waals surface area contributed by atoms with Crippen LogP contribution in [0, 0.1) is 5.82 Å². The molecule has 1 aliphatic rings. The number of hydrogen-bond donors (Lipinski definition) is 1. The van der Waals surface area contributed by atoms with Gasteiger partial charge in [-0.15, -0.1) is 11.3 Å². The lowest BCUT2D eigenvalue weighted by Crippen LogP contribution is -2.47. The summed E-state index contributed by atoms with van der Waals surface area (Å²) < 4.78 is 30.3. The number of carbonyl (C=O) groups is 2. The summed E-state index contributed by atoms with van der Waals surface area (Å²) >= 11 is 1.48. The van der Waals surface area contributed by atoms with Gasteiger partial charge in [-0.25, -0.2) is 4.39 Å². The quantitative estimate of drug-likeness (QED) is 0.330. The number of thiophene rings is 1. The van der Waals surface area contributed by atoms with Crippen molar-refractivity contribution >= 4 is 23.2 Å². The smallest absolute Gasteiger partial charge is 0.247 e. The maximum Gasteiger partial charge on any atom is 0.247 e. The van der Waals surface area contributed by atoms with Crippen molar-refractivity contribution < 1.29 is 28.2 Å². The van der Waals surface area contributed by atoms with Crippen molar-refractivity contribution in [3.05, 3.63) is 75.7 Å². The van der Waals surface area contributed by atoms with Gasteiger partial charge in [0.05, 0.1) is 27.8 Å². The van der Waals surface area contributed by atoms with Gasteiger partial charge in [0.15, 0.2) is 11.5 Å². The lowest BCUT2D eigenvalue weighted by molar-refractivity contribution is -0.141. The molecule has 2 amide bonds. The molecule has 0 bridgehead atoms. The Balaban J connectivity index is 1.80. The molecule has 1 fully saturated rings. The summed E-state index contributed by atoms with van der Waals surface area (Å²) in [6.07, 6.45) is 5.19. The fraction of sp³-hybridized carbons (Fsp3) is 0.400. The molecule has 2 aromatic carbocycles. The van der Waals surface area contributed by atoms with Gasteiger partial charge in [-0.3, -0.25) is 9.59 Å². The number of halogens is 1. The summed E-state index contributed by atoms with van der Waals surface area (Å²) in [4.78, 5) is 30.5. The fourth-order valence-corrected chi connectivity index (χ4v) is 5.73. The normalized spacial score (nSPS) is 14.4. The van der Waals surface area contributed by atoms with Crippen LogP contribution in [0.15, 0.2) is 53.9 Å². The van der Waals surface area contributed by atoms with Crippen molar-refractivity contribution in [2.24, 2.45) is 0 Å². The monoisotopic (exact) mass is 554 g/mol. The highest BCUT2D eigenvalue weighted by Gasteiger charge is 2.34. The number of nitrogens with one attached hydrogen (secondary N) is 1. The third-order valence-corrected chi connectivity index (χ3v) is 7.88. The van der Waals surface area contributed by atoms with Gasteiger partial charge in [-0.1, -0.05) is 37.5 Å². The van der Waals surface area contributed by atoms with Crippen LogP contribution in [0.2, 0.25) is 0 Å². The summed E-state index contributed by atoms with van der Waals surface area (Å²) in [6, 6.07) is 12.2. The van der Waals surface area contributed by atoms with Crippen LogP contribution < -0.4 is 19.5 Å². The van der Waals surface area contributed by atoms with Crippen LogP contribution in [-0.4, -0.2) is 44.1 Å². The topological polar surface area (TPSA) is 77.1 Å². The highest BCUT2D eigenvalue weighted by Crippen LogP contribution is 2.41. The van der Waals surface area contributed by atoms with Crippen molar-refractivity contribution in [2.45, 2.75) is 57.2 Å². The Morgan fingerprint density at radius 1 is 1.00 bits per heavy atom. The minimum atomic E-state index is -0.988. The van der Waals surface area contributed by atoms with Crippen molar-refractivity contribution in [2.75, 3.05) is 21.3 Å². The number of benzene rings is 2. The molecule has 0 aliphatic heterocycles. The number of rotatable bonds is 11. The van der Waals surface area contributed by atoms with Crippen molar-refractivity contribution in [3.63, 3.8) is 0 Å². The van der Waals surface area contributed by atoms with Crippen LogP contribution in [0.25, 0.3) is 0 Å². The molecular weight excluding hydrogens is 519 g/mol. The van der Waals surface area contributed by atoms with E-state index in [1.54, 1.807) is 29.2 Å². The molecule has 1 N–H and O–H groups in total. The molecule has 1 heterocycles. The lowest BCUT2D eigenvalue weighted by atomic mass is 9.94. The van der Waals surface area contributed by atoms with E-state index in [0.29, 0.717) is 28.4 Å². The third-order valence-electron chi connectivity index (χ3n) is 7.01. The molecule has 208 valence electrons. The maximum absolute atomic E-state index is 14.1. The average Bonchev–Trinajstić information content (AvgIpc) is 3.46. The van der Waals surface area contributed by atoms with Crippen LogP contribution in [-0.2, 0) is 22.6 Å². The van der Waals surface area contributed by atoms with E-state index in [0.717, 1.165) is 37.0 Å². The molecule has 1 saturated carbocycles. The number of ether oxygens (including phenoxy) is 3. The Hall–Kier alpha value is -3.59. The highest BCUT2D eigenvalue weighted by molar-refractivity contribution is 7.10. The number of methoxy groups -OCH3 is 3. The zero-order chi connectivity index (χ0) is 27.8. The average molecular weight is 555 g/mol. The second-order valence-corrected chi connectivity index (χ2v) is 10.6. The van der Waals surface area contributed by atoms with Crippen LogP contribution in [0.3, 0.4) is 0 Å². The number of amides is 2. The van der Waals surface area contributed by atoms with Crippen molar-refractivity contribution in [1.82, 2.24) is 10.2 Å². The zero-order valence-corrected chi connectivity index (χ0v) is 23.4. The molecule has 1 aromatic heterocycles. The van der Waals surface area contributed by atoms with Crippen LogP contribution in [0.5, 0.6) is 17.2 Å². The molecule has 1 atom stereocenters. The van der Waals surface area contributed by atoms with E-state index < -0.39 is 6.04 Å². The van der Waals surface area contributed by atoms with Gasteiger partial charge in [0.1, 0.15) is 11.9 Å². The first-order valence-corrected chi connectivity index (χ1v) is 14.0. The second kappa shape index (κ2) is 13.5. The van der Waals surface area contributed by atoms with E-state index in [-0.39, 0.29) is 36.6 Å². The van der Waals surface area contributed by atoms with E-state index in [2.05, 4.69) is 5.32 Å². The SMILES string of the molecule is COc1cc([C@@H](C(=O)NC2CCCCC2)N(Cc2ccc(F)cc2)C(=O)Cc2cccs2)cc(OC)c1OC. The first-order chi connectivity index (χ1) is 18.9. The highest BCUT2D eigenvalue weighted by atomic mass is 32.1. The minimum Gasteiger partial charge on any atom is -0.493 e. The summed E-state index contributed by atoms with van der Waals surface area (Å²) in [5.74, 6) is 0.290. The molecule has 9 heteroatoms. The van der Waals surface area contributed by atoms with Gasteiger partial charge in [-0.05, 0) is 59.7 Å². The summed E-state index contributed by atoms with van der Waals surface area (Å²) in [5, 5.41) is 5.12. The molecule has 39 heavy (non-hydrogen) atoms. The molecule has 4 rings (SSSR count). The molecule has 3 aromatic rings. The first kappa shape index (κ1) is 28.4. The van der Waals surface area contributed by atoms with E-state index in [1.807, 2.05) is 17.5 Å². The van der Waals surface area contributed by atoms with Gasteiger partial charge in [-0.2, -0.15) is 0 Å². The van der Waals surface area contributed by atoms with Crippen LogP contribution >= 0.6 is 11.3 Å². The lowest BCUT2D eigenvalue weighted by Gasteiger charge is -2.34. The van der Waals surface area contributed by atoms with Gasteiger partial charge in [0.25, 0.3) is 0 Å². The summed E-state index contributed by atoms with van der Waals surface area (Å²) in [7, 11) is 4.53. The molecular formula is C30H35FN2O5S. The predicted molar refractivity (Wildman–Crippen MR) is 149 cm³/mol. The number of nitrogens with zero attached hydrogens (tertiary/aromatic N) is 1. The van der Waals surface area contributed by atoms with E-state index in [9.17, 15) is 14.0 Å². The van der Waals surface area contributed by atoms with E-state index >= 15 is 0 Å². The third kappa shape index (κ3) is 7.09. The van der Waals surface area contributed by atoms with Crippen molar-refractivity contribution in [1.29, 1.82) is 0 Å². The van der Waals surface area contributed by atoms with Crippen LogP contribution in [0.4, 0.5) is 4.39 Å². The molecule has 0 unspecified atom stereocenters. The Morgan fingerprint density at radius 2 is 1.67 bits per heavy atom. The largest absolute Gasteiger partial charge is 0.493 e. The van der Waals surface area contributed by atoms with Crippen LogP contribution in [0.1, 0.15) is 54.1 Å². The van der Waals surface area contributed by atoms with Gasteiger partial charge in [0, 0.05) is 17.5 Å². The molecule has 1 aliphatic carbocycles. The number of hydrogen-bond acceptors (Lipinski definition) is 6. The van der Waals surface area contributed by atoms with Crippen molar-refractivity contribution in [3.8, 4) is 17.2 Å². The van der Waals surface area contributed by atoms with Gasteiger partial charge in [0.2, 0.25) is 17.6 Å². The number of carbonyl (C=O) groups excluding carboxylic acids is 2. The second-order valence-electron chi connectivity index (χ2n) is 9.61. The Morgan fingerprint density at radius 3 is 2.23 bits per heavy atom. The molecule has 0 radical (unpaired) electrons. The predicted octanol–water partition coefficient (Wildman–Crippen LogP) is 5.67. The zero-order valence-electron chi connectivity index (χ0n) is 22.6. The van der Waals surface area contributed by atoms with Gasteiger partial charge < -0.3 is 24.4 Å². The summed E-state index contributed by atoms with van der Waals surface area (Å²) in [6.45, 7) is 0.115. The Bertz CT molecular complexity index is 1220. The minimum absolute atomic E-state index is 0.0378. The van der Waals surface area contributed by atoms with E-state index in [1.165, 1.54) is 44.8 Å². The fourth-order valence-electron chi connectivity index (χ4n) is 5.03.